The second-order valence-electron chi connectivity index (χ2n) is 5.91. The van der Waals surface area contributed by atoms with Gasteiger partial charge in [-0.05, 0) is 30.5 Å². The number of halogens is 1. The monoisotopic (exact) mass is 344 g/mol. The third-order valence-corrected chi connectivity index (χ3v) is 4.21. The summed E-state index contributed by atoms with van der Waals surface area (Å²) >= 11 is 0. The first-order valence-corrected chi connectivity index (χ1v) is 7.92. The molecule has 1 aliphatic carbocycles. The Hall–Kier alpha value is -2.96. The average Bonchev–Trinajstić information content (AvgIpc) is 2.52. The van der Waals surface area contributed by atoms with Crippen molar-refractivity contribution in [1.29, 1.82) is 0 Å². The number of carboxylic acids is 1. The molecule has 6 nitrogen and oxygen atoms in total. The van der Waals surface area contributed by atoms with Gasteiger partial charge in [-0.2, -0.15) is 0 Å². The highest BCUT2D eigenvalue weighted by Crippen LogP contribution is 2.34. The van der Waals surface area contributed by atoms with Crippen LogP contribution in [0, 0.1) is 17.7 Å². The van der Waals surface area contributed by atoms with Gasteiger partial charge in [0.25, 0.3) is 0 Å². The van der Waals surface area contributed by atoms with E-state index in [0.29, 0.717) is 24.5 Å². The minimum Gasteiger partial charge on any atom is -0.481 e. The molecule has 2 N–H and O–H groups in total. The molecule has 2 unspecified atom stereocenters. The fourth-order valence-electron chi connectivity index (χ4n) is 2.66. The Morgan fingerprint density at radius 2 is 2.04 bits per heavy atom. The summed E-state index contributed by atoms with van der Waals surface area (Å²) in [6.07, 6.45) is 2.69. The number of aromatic nitrogens is 1. The Labute approximate surface area is 143 Å². The average molecular weight is 344 g/mol. The van der Waals surface area contributed by atoms with E-state index in [1.807, 2.05) is 0 Å². The Morgan fingerprint density at radius 1 is 1.24 bits per heavy atom. The van der Waals surface area contributed by atoms with Gasteiger partial charge in [-0.1, -0.05) is 12.1 Å². The summed E-state index contributed by atoms with van der Waals surface area (Å²) in [7, 11) is 0. The molecule has 1 aliphatic rings. The topological polar surface area (TPSA) is 88.5 Å². The van der Waals surface area contributed by atoms with Gasteiger partial charge in [0.15, 0.2) is 0 Å². The molecule has 0 bridgehead atoms. The first-order chi connectivity index (χ1) is 12.0. The molecule has 1 saturated carbocycles. The molecule has 0 aliphatic heterocycles. The van der Waals surface area contributed by atoms with Crippen molar-refractivity contribution >= 4 is 11.9 Å². The molecule has 2 aromatic rings. The van der Waals surface area contributed by atoms with Crippen LogP contribution >= 0.6 is 0 Å². The number of nitrogens with one attached hydrogen (secondary N) is 1. The van der Waals surface area contributed by atoms with Crippen LogP contribution in [0.15, 0.2) is 42.6 Å². The zero-order chi connectivity index (χ0) is 17.8. The second-order valence-corrected chi connectivity index (χ2v) is 5.91. The second kappa shape index (κ2) is 7.29. The summed E-state index contributed by atoms with van der Waals surface area (Å²) in [5.41, 5.74) is 0.756. The van der Waals surface area contributed by atoms with Gasteiger partial charge in [0, 0.05) is 24.9 Å². The van der Waals surface area contributed by atoms with Crippen molar-refractivity contribution in [3.8, 4) is 11.6 Å². The van der Waals surface area contributed by atoms with Gasteiger partial charge in [-0.15, -0.1) is 0 Å². The van der Waals surface area contributed by atoms with E-state index in [-0.39, 0.29) is 12.5 Å². The van der Waals surface area contributed by atoms with Crippen molar-refractivity contribution < 1.29 is 23.8 Å². The van der Waals surface area contributed by atoms with Gasteiger partial charge in [0.2, 0.25) is 11.8 Å². The molecule has 1 aromatic carbocycles. The van der Waals surface area contributed by atoms with E-state index in [2.05, 4.69) is 10.3 Å². The number of nitrogens with zero attached hydrogens (tertiary/aromatic N) is 1. The highest BCUT2D eigenvalue weighted by molar-refractivity contribution is 5.86. The van der Waals surface area contributed by atoms with Gasteiger partial charge in [0.05, 0.1) is 11.8 Å². The third-order valence-electron chi connectivity index (χ3n) is 4.21. The number of amides is 1. The lowest BCUT2D eigenvalue weighted by Crippen LogP contribution is -2.43. The van der Waals surface area contributed by atoms with E-state index in [1.165, 1.54) is 12.1 Å². The lowest BCUT2D eigenvalue weighted by molar-refractivity contribution is -0.152. The van der Waals surface area contributed by atoms with E-state index in [1.54, 1.807) is 30.5 Å². The molecular formula is C18H17FN2O4. The third kappa shape index (κ3) is 4.12. The van der Waals surface area contributed by atoms with Crippen LogP contribution in [0.2, 0.25) is 0 Å². The predicted octanol–water partition coefficient (Wildman–Crippen LogP) is 2.74. The summed E-state index contributed by atoms with van der Waals surface area (Å²) in [4.78, 5) is 27.1. The lowest BCUT2D eigenvalue weighted by Gasteiger charge is -2.31. The zero-order valence-electron chi connectivity index (χ0n) is 13.3. The quantitative estimate of drug-likeness (QED) is 0.841. The molecule has 25 heavy (non-hydrogen) atoms. The number of carboxylic acid groups (broad SMARTS) is 1. The van der Waals surface area contributed by atoms with Crippen LogP contribution in [0.25, 0.3) is 0 Å². The van der Waals surface area contributed by atoms with Crippen LogP contribution in [-0.4, -0.2) is 22.0 Å². The minimum absolute atomic E-state index is 0.251. The van der Waals surface area contributed by atoms with Crippen molar-refractivity contribution in [3.63, 3.8) is 0 Å². The lowest BCUT2D eigenvalue weighted by atomic mass is 9.73. The fourth-order valence-corrected chi connectivity index (χ4v) is 2.66. The number of carbonyl (C=O) groups excluding carboxylic acids is 1. The van der Waals surface area contributed by atoms with Crippen molar-refractivity contribution in [2.45, 2.75) is 19.4 Å². The summed E-state index contributed by atoms with van der Waals surface area (Å²) < 4.78 is 18.6. The molecular weight excluding hydrogens is 327 g/mol. The number of ether oxygens (including phenoxy) is 1. The zero-order valence-corrected chi connectivity index (χ0v) is 13.3. The maximum absolute atomic E-state index is 13.1. The number of carbonyl (C=O) groups is 2. The van der Waals surface area contributed by atoms with Crippen LogP contribution in [0.5, 0.6) is 11.6 Å². The van der Waals surface area contributed by atoms with Gasteiger partial charge in [-0.25, -0.2) is 9.37 Å². The molecule has 2 atom stereocenters. The van der Waals surface area contributed by atoms with Gasteiger partial charge in [-0.3, -0.25) is 9.59 Å². The smallest absolute Gasteiger partial charge is 0.307 e. The summed E-state index contributed by atoms with van der Waals surface area (Å²) in [6.45, 7) is 0.259. The molecule has 1 fully saturated rings. The Bertz CT molecular complexity index is 779. The van der Waals surface area contributed by atoms with Crippen LogP contribution in [-0.2, 0) is 16.1 Å². The molecule has 3 rings (SSSR count). The number of pyridine rings is 1. The minimum atomic E-state index is -0.924. The van der Waals surface area contributed by atoms with Crippen molar-refractivity contribution in [1.82, 2.24) is 10.3 Å². The Morgan fingerprint density at radius 3 is 2.64 bits per heavy atom. The molecule has 1 heterocycles. The fraction of sp³-hybridized carbons (Fsp3) is 0.278. The predicted molar refractivity (Wildman–Crippen MR) is 86.4 cm³/mol. The molecule has 0 saturated heterocycles. The molecule has 130 valence electrons. The number of rotatable bonds is 6. The maximum Gasteiger partial charge on any atom is 0.307 e. The van der Waals surface area contributed by atoms with E-state index >= 15 is 0 Å². The van der Waals surface area contributed by atoms with Gasteiger partial charge in [0.1, 0.15) is 11.6 Å². The normalized spacial score (nSPS) is 18.9. The molecule has 1 amide bonds. The van der Waals surface area contributed by atoms with Gasteiger partial charge >= 0.3 is 5.97 Å². The molecule has 1 aromatic heterocycles. The molecule has 0 radical (unpaired) electrons. The van der Waals surface area contributed by atoms with Crippen molar-refractivity contribution in [3.05, 3.63) is 54.0 Å². The van der Waals surface area contributed by atoms with Crippen molar-refractivity contribution in [2.24, 2.45) is 11.8 Å². The highest BCUT2D eigenvalue weighted by atomic mass is 19.1. The van der Waals surface area contributed by atoms with Crippen LogP contribution < -0.4 is 10.1 Å². The van der Waals surface area contributed by atoms with Crippen LogP contribution in [0.3, 0.4) is 0 Å². The summed E-state index contributed by atoms with van der Waals surface area (Å²) in [6, 6.07) is 9.10. The van der Waals surface area contributed by atoms with Crippen LogP contribution in [0.1, 0.15) is 18.4 Å². The highest BCUT2D eigenvalue weighted by Gasteiger charge is 2.41. The molecule has 7 heteroatoms. The SMILES string of the molecule is O=C(O)C1CCC1C(=O)NCc1ccc(Oc2cccc(F)c2)nc1. The van der Waals surface area contributed by atoms with Gasteiger partial charge < -0.3 is 15.2 Å². The number of hydrogen-bond acceptors (Lipinski definition) is 4. The summed E-state index contributed by atoms with van der Waals surface area (Å²) in [5.74, 6) is -1.96. The van der Waals surface area contributed by atoms with E-state index < -0.39 is 23.6 Å². The number of aliphatic carboxylic acids is 1. The van der Waals surface area contributed by atoms with E-state index in [0.717, 1.165) is 5.56 Å². The van der Waals surface area contributed by atoms with Crippen LogP contribution in [0.4, 0.5) is 4.39 Å². The van der Waals surface area contributed by atoms with Crippen molar-refractivity contribution in [2.75, 3.05) is 0 Å². The Balaban J connectivity index is 1.52. The molecule has 0 spiro atoms. The standard InChI is InChI=1S/C18H17FN2O4/c19-12-2-1-3-13(8-12)25-16-7-4-11(9-20-16)10-21-17(22)14-5-6-15(14)18(23)24/h1-4,7-9,14-15H,5-6,10H2,(H,21,22)(H,23,24). The Kier molecular flexibility index (Phi) is 4.92. The first-order valence-electron chi connectivity index (χ1n) is 7.92. The number of hydrogen-bond donors (Lipinski definition) is 2. The van der Waals surface area contributed by atoms with E-state index in [9.17, 15) is 14.0 Å². The first kappa shape index (κ1) is 16.9. The number of benzene rings is 1. The van der Waals surface area contributed by atoms with E-state index in [4.69, 9.17) is 9.84 Å². The largest absolute Gasteiger partial charge is 0.481 e. The summed E-state index contributed by atoms with van der Waals surface area (Å²) in [5, 5.41) is 11.7. The maximum atomic E-state index is 13.1.